The summed E-state index contributed by atoms with van der Waals surface area (Å²) in [4.78, 5) is 0. The number of methoxy groups -OCH3 is 1. The third kappa shape index (κ3) is 5.31. The number of ether oxygens (including phenoxy) is 2. The second-order valence-electron chi connectivity index (χ2n) is 5.08. The molecule has 0 unspecified atom stereocenters. The molecule has 0 radical (unpaired) electrons. The molecule has 0 heterocycles. The van der Waals surface area contributed by atoms with Gasteiger partial charge in [-0.2, -0.15) is 0 Å². The van der Waals surface area contributed by atoms with Crippen LogP contribution in [0.5, 0.6) is 11.5 Å². The van der Waals surface area contributed by atoms with Crippen LogP contribution in [-0.2, 0) is 13.0 Å². The van der Waals surface area contributed by atoms with Crippen molar-refractivity contribution in [2.75, 3.05) is 20.3 Å². The van der Waals surface area contributed by atoms with E-state index in [1.807, 2.05) is 37.3 Å². The summed E-state index contributed by atoms with van der Waals surface area (Å²) >= 11 is 12.0. The van der Waals surface area contributed by atoms with Gasteiger partial charge >= 0.3 is 0 Å². The molecule has 0 aliphatic rings. The Kier molecular flexibility index (Phi) is 7.03. The minimum atomic E-state index is 0.579. The van der Waals surface area contributed by atoms with Crippen LogP contribution in [0.15, 0.2) is 36.4 Å². The van der Waals surface area contributed by atoms with Gasteiger partial charge in [0.25, 0.3) is 0 Å². The molecule has 0 saturated carbocycles. The standard InChI is InChI=1S/C18H21Cl2NO2/c1-3-23-18-14(10-16(20)11-17(18)22-2)12-21-9-8-13-4-6-15(19)7-5-13/h4-7,10-11,21H,3,8-9,12H2,1-2H3. The summed E-state index contributed by atoms with van der Waals surface area (Å²) < 4.78 is 11.1. The molecule has 0 fully saturated rings. The van der Waals surface area contributed by atoms with Crippen molar-refractivity contribution in [1.82, 2.24) is 5.32 Å². The minimum Gasteiger partial charge on any atom is -0.493 e. The van der Waals surface area contributed by atoms with E-state index in [1.54, 1.807) is 13.2 Å². The van der Waals surface area contributed by atoms with Crippen molar-refractivity contribution in [3.8, 4) is 11.5 Å². The molecule has 0 atom stereocenters. The average Bonchev–Trinajstić information content (AvgIpc) is 2.55. The summed E-state index contributed by atoms with van der Waals surface area (Å²) in [7, 11) is 1.62. The SMILES string of the molecule is CCOc1c(CNCCc2ccc(Cl)cc2)cc(Cl)cc1OC. The smallest absolute Gasteiger partial charge is 0.165 e. The number of benzene rings is 2. The van der Waals surface area contributed by atoms with Gasteiger partial charge in [0.05, 0.1) is 13.7 Å². The summed E-state index contributed by atoms with van der Waals surface area (Å²) in [6, 6.07) is 11.6. The van der Waals surface area contributed by atoms with E-state index in [1.165, 1.54) is 5.56 Å². The molecule has 124 valence electrons. The first-order valence-corrected chi connectivity index (χ1v) is 8.34. The van der Waals surface area contributed by atoms with E-state index in [0.29, 0.717) is 23.9 Å². The van der Waals surface area contributed by atoms with Gasteiger partial charge < -0.3 is 14.8 Å². The molecule has 0 aliphatic heterocycles. The first-order valence-electron chi connectivity index (χ1n) is 7.58. The van der Waals surface area contributed by atoms with Crippen molar-refractivity contribution in [3.63, 3.8) is 0 Å². The first kappa shape index (κ1) is 17.9. The van der Waals surface area contributed by atoms with Gasteiger partial charge in [-0.25, -0.2) is 0 Å². The lowest BCUT2D eigenvalue weighted by atomic mass is 10.1. The molecular formula is C18H21Cl2NO2. The molecule has 0 spiro atoms. The second-order valence-corrected chi connectivity index (χ2v) is 5.96. The highest BCUT2D eigenvalue weighted by Gasteiger charge is 2.12. The van der Waals surface area contributed by atoms with Gasteiger partial charge in [-0.1, -0.05) is 35.3 Å². The summed E-state index contributed by atoms with van der Waals surface area (Å²) in [5.74, 6) is 1.41. The largest absolute Gasteiger partial charge is 0.493 e. The molecule has 0 bridgehead atoms. The monoisotopic (exact) mass is 353 g/mol. The number of hydrogen-bond donors (Lipinski definition) is 1. The highest BCUT2D eigenvalue weighted by atomic mass is 35.5. The summed E-state index contributed by atoms with van der Waals surface area (Å²) in [5, 5.41) is 4.81. The van der Waals surface area contributed by atoms with Crippen LogP contribution in [0.3, 0.4) is 0 Å². The Balaban J connectivity index is 1.96. The summed E-state index contributed by atoms with van der Waals surface area (Å²) in [6.45, 7) is 4.05. The van der Waals surface area contributed by atoms with Gasteiger partial charge in [-0.3, -0.25) is 0 Å². The Hall–Kier alpha value is -1.42. The Labute approximate surface area is 147 Å². The lowest BCUT2D eigenvalue weighted by molar-refractivity contribution is 0.307. The topological polar surface area (TPSA) is 30.5 Å². The maximum atomic E-state index is 6.15. The zero-order valence-electron chi connectivity index (χ0n) is 13.4. The summed E-state index contributed by atoms with van der Waals surface area (Å²) in [5.41, 5.74) is 2.24. The van der Waals surface area contributed by atoms with Crippen LogP contribution in [0.2, 0.25) is 10.0 Å². The highest BCUT2D eigenvalue weighted by Crippen LogP contribution is 2.34. The van der Waals surface area contributed by atoms with Crippen LogP contribution >= 0.6 is 23.2 Å². The van der Waals surface area contributed by atoms with E-state index in [-0.39, 0.29) is 0 Å². The molecule has 0 saturated heterocycles. The fraction of sp³-hybridized carbons (Fsp3) is 0.333. The van der Waals surface area contributed by atoms with Crippen LogP contribution in [0, 0.1) is 0 Å². The fourth-order valence-corrected chi connectivity index (χ4v) is 2.68. The normalized spacial score (nSPS) is 10.6. The number of nitrogens with one attached hydrogen (secondary N) is 1. The van der Waals surface area contributed by atoms with Crippen molar-refractivity contribution in [3.05, 3.63) is 57.6 Å². The van der Waals surface area contributed by atoms with Gasteiger partial charge in [-0.15, -0.1) is 0 Å². The fourth-order valence-electron chi connectivity index (χ4n) is 2.32. The average molecular weight is 354 g/mol. The van der Waals surface area contributed by atoms with E-state index in [4.69, 9.17) is 32.7 Å². The number of rotatable bonds is 8. The quantitative estimate of drug-likeness (QED) is 0.695. The van der Waals surface area contributed by atoms with E-state index >= 15 is 0 Å². The molecule has 2 aromatic rings. The molecule has 0 aliphatic carbocycles. The van der Waals surface area contributed by atoms with Crippen molar-refractivity contribution in [2.24, 2.45) is 0 Å². The summed E-state index contributed by atoms with van der Waals surface area (Å²) in [6.07, 6.45) is 0.929. The van der Waals surface area contributed by atoms with Crippen molar-refractivity contribution in [1.29, 1.82) is 0 Å². The number of halogens is 2. The molecule has 2 aromatic carbocycles. The van der Waals surface area contributed by atoms with Crippen LogP contribution in [0.25, 0.3) is 0 Å². The number of hydrogen-bond acceptors (Lipinski definition) is 3. The maximum Gasteiger partial charge on any atom is 0.165 e. The van der Waals surface area contributed by atoms with Gasteiger partial charge in [-0.05, 0) is 43.7 Å². The Morgan fingerprint density at radius 2 is 1.78 bits per heavy atom. The van der Waals surface area contributed by atoms with Gasteiger partial charge in [0.1, 0.15) is 0 Å². The Bertz CT molecular complexity index is 630. The zero-order valence-corrected chi connectivity index (χ0v) is 14.9. The molecule has 0 aromatic heterocycles. The van der Waals surface area contributed by atoms with E-state index in [9.17, 15) is 0 Å². The molecular weight excluding hydrogens is 333 g/mol. The third-order valence-electron chi connectivity index (χ3n) is 3.42. The predicted octanol–water partition coefficient (Wildman–Crippen LogP) is 4.73. The Morgan fingerprint density at radius 1 is 1.04 bits per heavy atom. The minimum absolute atomic E-state index is 0.579. The van der Waals surface area contributed by atoms with Crippen LogP contribution in [0.4, 0.5) is 0 Å². The van der Waals surface area contributed by atoms with E-state index in [2.05, 4.69) is 5.32 Å². The molecule has 23 heavy (non-hydrogen) atoms. The van der Waals surface area contributed by atoms with E-state index in [0.717, 1.165) is 29.3 Å². The lowest BCUT2D eigenvalue weighted by Gasteiger charge is -2.15. The van der Waals surface area contributed by atoms with Crippen molar-refractivity contribution in [2.45, 2.75) is 19.9 Å². The maximum absolute atomic E-state index is 6.15. The van der Waals surface area contributed by atoms with Gasteiger partial charge in [0, 0.05) is 28.2 Å². The lowest BCUT2D eigenvalue weighted by Crippen LogP contribution is -2.17. The first-order chi connectivity index (χ1) is 11.1. The van der Waals surface area contributed by atoms with Gasteiger partial charge in [0.15, 0.2) is 11.5 Å². The van der Waals surface area contributed by atoms with E-state index < -0.39 is 0 Å². The van der Waals surface area contributed by atoms with Crippen molar-refractivity contribution < 1.29 is 9.47 Å². The molecule has 2 rings (SSSR count). The van der Waals surface area contributed by atoms with Crippen LogP contribution in [0.1, 0.15) is 18.1 Å². The molecule has 3 nitrogen and oxygen atoms in total. The molecule has 1 N–H and O–H groups in total. The van der Waals surface area contributed by atoms with Crippen molar-refractivity contribution >= 4 is 23.2 Å². The van der Waals surface area contributed by atoms with Crippen LogP contribution in [-0.4, -0.2) is 20.3 Å². The highest BCUT2D eigenvalue weighted by molar-refractivity contribution is 6.31. The second kappa shape index (κ2) is 9.02. The molecule has 0 amide bonds. The van der Waals surface area contributed by atoms with Crippen LogP contribution < -0.4 is 14.8 Å². The predicted molar refractivity (Wildman–Crippen MR) is 96.0 cm³/mol. The Morgan fingerprint density at radius 3 is 2.43 bits per heavy atom. The third-order valence-corrected chi connectivity index (χ3v) is 3.89. The molecule has 5 heteroatoms. The zero-order chi connectivity index (χ0) is 16.7. The van der Waals surface area contributed by atoms with Gasteiger partial charge in [0.2, 0.25) is 0 Å².